The number of nitrogens with zero attached hydrogens (tertiary/aromatic N) is 3. The second-order valence-corrected chi connectivity index (χ2v) is 6.82. The van der Waals surface area contributed by atoms with Crippen molar-refractivity contribution in [3.8, 4) is 5.88 Å². The monoisotopic (exact) mass is 359 g/mol. The summed E-state index contributed by atoms with van der Waals surface area (Å²) in [7, 11) is 0. The molecule has 0 unspecified atom stereocenters. The summed E-state index contributed by atoms with van der Waals surface area (Å²) in [6.07, 6.45) is 1.64. The van der Waals surface area contributed by atoms with Crippen LogP contribution in [0.2, 0.25) is 0 Å². The summed E-state index contributed by atoms with van der Waals surface area (Å²) in [6.45, 7) is 4.90. The molecule has 0 bridgehead atoms. The molecule has 2 saturated heterocycles. The molecule has 0 aliphatic carbocycles. The van der Waals surface area contributed by atoms with Crippen molar-refractivity contribution in [3.05, 3.63) is 18.1 Å². The molecule has 2 aliphatic heterocycles. The maximum Gasteiger partial charge on any atom is 0.433 e. The first-order valence-electron chi connectivity index (χ1n) is 8.81. The van der Waals surface area contributed by atoms with Gasteiger partial charge in [0.25, 0.3) is 0 Å². The Morgan fingerprint density at radius 2 is 2.16 bits per heavy atom. The number of halogens is 3. The van der Waals surface area contributed by atoms with Gasteiger partial charge in [0.15, 0.2) is 5.69 Å². The highest BCUT2D eigenvalue weighted by Crippen LogP contribution is 2.42. The van der Waals surface area contributed by atoms with E-state index >= 15 is 0 Å². The van der Waals surface area contributed by atoms with Gasteiger partial charge in [-0.05, 0) is 38.6 Å². The minimum absolute atomic E-state index is 0.0266. The van der Waals surface area contributed by atoms with Gasteiger partial charge in [-0.3, -0.25) is 4.90 Å². The summed E-state index contributed by atoms with van der Waals surface area (Å²) in [4.78, 5) is 9.48. The molecule has 3 rings (SSSR count). The van der Waals surface area contributed by atoms with Crippen LogP contribution in [0.1, 0.15) is 44.7 Å². The molecular formula is C17H24F3N3O2. The Morgan fingerprint density at radius 3 is 2.92 bits per heavy atom. The van der Waals surface area contributed by atoms with E-state index in [1.807, 2.05) is 0 Å². The summed E-state index contributed by atoms with van der Waals surface area (Å²) in [5, 5.41) is 0. The average Bonchev–Trinajstić information content (AvgIpc) is 3.12. The van der Waals surface area contributed by atoms with Crippen molar-refractivity contribution in [2.24, 2.45) is 0 Å². The van der Waals surface area contributed by atoms with Gasteiger partial charge in [0, 0.05) is 24.3 Å². The number of rotatable bonds is 7. The van der Waals surface area contributed by atoms with Gasteiger partial charge < -0.3 is 9.47 Å². The SMILES string of the molecule is CCCOC[C@@]12CCCN1[C@H](COc1cc(C(F)(F)F)ncn1)CC2. The first-order chi connectivity index (χ1) is 11.9. The van der Waals surface area contributed by atoms with E-state index < -0.39 is 11.9 Å². The van der Waals surface area contributed by atoms with Crippen molar-refractivity contribution in [2.45, 2.75) is 56.8 Å². The third-order valence-electron chi connectivity index (χ3n) is 5.11. The molecule has 140 valence electrons. The molecule has 2 fully saturated rings. The third-order valence-corrected chi connectivity index (χ3v) is 5.11. The van der Waals surface area contributed by atoms with Gasteiger partial charge in [0.2, 0.25) is 5.88 Å². The highest BCUT2D eigenvalue weighted by atomic mass is 19.4. The molecule has 1 aromatic rings. The Hall–Kier alpha value is -1.41. The van der Waals surface area contributed by atoms with Gasteiger partial charge >= 0.3 is 6.18 Å². The van der Waals surface area contributed by atoms with Gasteiger partial charge in [0.1, 0.15) is 12.9 Å². The zero-order valence-electron chi connectivity index (χ0n) is 14.4. The smallest absolute Gasteiger partial charge is 0.433 e. The predicted molar refractivity (Wildman–Crippen MR) is 85.3 cm³/mol. The lowest BCUT2D eigenvalue weighted by Crippen LogP contribution is -2.47. The minimum Gasteiger partial charge on any atom is -0.476 e. The van der Waals surface area contributed by atoms with Crippen LogP contribution >= 0.6 is 0 Å². The van der Waals surface area contributed by atoms with Crippen LogP contribution in [-0.4, -0.2) is 52.8 Å². The van der Waals surface area contributed by atoms with Crippen molar-refractivity contribution >= 4 is 0 Å². The van der Waals surface area contributed by atoms with E-state index in [0.717, 1.165) is 64.3 Å². The molecule has 0 spiro atoms. The Labute approximate surface area is 145 Å². The van der Waals surface area contributed by atoms with Crippen molar-refractivity contribution in [3.63, 3.8) is 0 Å². The molecule has 5 nitrogen and oxygen atoms in total. The van der Waals surface area contributed by atoms with Crippen LogP contribution in [0.4, 0.5) is 13.2 Å². The Kier molecular flexibility index (Phi) is 5.48. The van der Waals surface area contributed by atoms with E-state index in [-0.39, 0.29) is 17.5 Å². The predicted octanol–water partition coefficient (Wildman–Crippen LogP) is 3.30. The number of ether oxygens (including phenoxy) is 2. The second-order valence-electron chi connectivity index (χ2n) is 6.82. The standard InChI is InChI=1S/C17H24F3N3O2/c1-2-8-24-11-16-5-3-7-23(16)13(4-6-16)10-25-15-9-14(17(18,19)20)21-12-22-15/h9,12-13H,2-8,10-11H2,1H3/t13-,16-/m0/s1. The maximum atomic E-state index is 12.7. The molecule has 2 atom stereocenters. The Morgan fingerprint density at radius 1 is 1.32 bits per heavy atom. The molecule has 25 heavy (non-hydrogen) atoms. The van der Waals surface area contributed by atoms with Crippen LogP contribution in [0.3, 0.4) is 0 Å². The fourth-order valence-corrected chi connectivity index (χ4v) is 3.95. The number of hydrogen-bond acceptors (Lipinski definition) is 5. The molecule has 0 N–H and O–H groups in total. The summed E-state index contributed by atoms with van der Waals surface area (Å²) in [5.74, 6) is -0.0266. The first kappa shape index (κ1) is 18.4. The van der Waals surface area contributed by atoms with Crippen molar-refractivity contribution in [1.29, 1.82) is 0 Å². The number of fused-ring (bicyclic) bond motifs is 1. The molecular weight excluding hydrogens is 335 g/mol. The Bertz CT molecular complexity index is 585. The highest BCUT2D eigenvalue weighted by Gasteiger charge is 2.49. The lowest BCUT2D eigenvalue weighted by Gasteiger charge is -2.34. The zero-order valence-corrected chi connectivity index (χ0v) is 14.4. The van der Waals surface area contributed by atoms with E-state index in [1.54, 1.807) is 0 Å². The van der Waals surface area contributed by atoms with Gasteiger partial charge in [0.05, 0.1) is 6.61 Å². The van der Waals surface area contributed by atoms with Crippen molar-refractivity contribution in [2.75, 3.05) is 26.4 Å². The quantitative estimate of drug-likeness (QED) is 0.699. The summed E-state index contributed by atoms with van der Waals surface area (Å²) in [6, 6.07) is 1.05. The van der Waals surface area contributed by atoms with Gasteiger partial charge in [-0.25, -0.2) is 9.97 Å². The summed E-state index contributed by atoms with van der Waals surface area (Å²) >= 11 is 0. The van der Waals surface area contributed by atoms with E-state index in [0.29, 0.717) is 6.61 Å². The number of alkyl halides is 3. The molecule has 8 heteroatoms. The molecule has 0 amide bonds. The van der Waals surface area contributed by atoms with Crippen LogP contribution in [0.25, 0.3) is 0 Å². The van der Waals surface area contributed by atoms with Crippen LogP contribution in [-0.2, 0) is 10.9 Å². The van der Waals surface area contributed by atoms with Gasteiger partial charge in [-0.15, -0.1) is 0 Å². The van der Waals surface area contributed by atoms with Crippen LogP contribution in [0.5, 0.6) is 5.88 Å². The van der Waals surface area contributed by atoms with Crippen LogP contribution in [0, 0.1) is 0 Å². The largest absolute Gasteiger partial charge is 0.476 e. The summed E-state index contributed by atoms with van der Waals surface area (Å²) in [5.41, 5.74) is -0.904. The molecule has 0 saturated carbocycles. The Balaban J connectivity index is 1.59. The normalized spacial score (nSPS) is 26.8. The van der Waals surface area contributed by atoms with E-state index in [4.69, 9.17) is 9.47 Å². The fraction of sp³-hybridized carbons (Fsp3) is 0.765. The van der Waals surface area contributed by atoms with E-state index in [9.17, 15) is 13.2 Å². The van der Waals surface area contributed by atoms with Crippen molar-refractivity contribution in [1.82, 2.24) is 14.9 Å². The average molecular weight is 359 g/mol. The third kappa shape index (κ3) is 4.06. The molecule has 1 aromatic heterocycles. The fourth-order valence-electron chi connectivity index (χ4n) is 3.95. The summed E-state index contributed by atoms with van der Waals surface area (Å²) < 4.78 is 49.5. The molecule has 2 aliphatic rings. The zero-order chi connectivity index (χ0) is 17.9. The maximum absolute atomic E-state index is 12.7. The lowest BCUT2D eigenvalue weighted by atomic mass is 9.95. The van der Waals surface area contributed by atoms with Crippen LogP contribution < -0.4 is 4.74 Å². The molecule has 0 radical (unpaired) electrons. The number of hydrogen-bond donors (Lipinski definition) is 0. The first-order valence-corrected chi connectivity index (χ1v) is 8.81. The van der Waals surface area contributed by atoms with Gasteiger partial charge in [-0.1, -0.05) is 6.92 Å². The second kappa shape index (κ2) is 7.45. The molecule has 0 aromatic carbocycles. The minimum atomic E-state index is -4.49. The van der Waals surface area contributed by atoms with E-state index in [1.165, 1.54) is 0 Å². The topological polar surface area (TPSA) is 47.5 Å². The van der Waals surface area contributed by atoms with E-state index in [2.05, 4.69) is 21.8 Å². The highest BCUT2D eigenvalue weighted by molar-refractivity contribution is 5.16. The lowest BCUT2D eigenvalue weighted by molar-refractivity contribution is -0.141. The van der Waals surface area contributed by atoms with Gasteiger partial charge in [-0.2, -0.15) is 13.2 Å². The molecule has 3 heterocycles. The van der Waals surface area contributed by atoms with Crippen molar-refractivity contribution < 1.29 is 22.6 Å². The van der Waals surface area contributed by atoms with Crippen LogP contribution in [0.15, 0.2) is 12.4 Å². The number of aromatic nitrogens is 2.